The molecule has 16 heavy (non-hydrogen) atoms. The summed E-state index contributed by atoms with van der Waals surface area (Å²) in [5, 5.41) is 0.691. The zero-order valence-corrected chi connectivity index (χ0v) is 10.7. The fraction of sp³-hybridized carbons (Fsp3) is 0.500. The Morgan fingerprint density at radius 3 is 2.69 bits per heavy atom. The number of hydrogen-bond acceptors (Lipinski definition) is 3. The first kappa shape index (κ1) is 13.3. The number of nitrogens with two attached hydrogens (primary N) is 1. The van der Waals surface area contributed by atoms with Gasteiger partial charge in [0.25, 0.3) is 0 Å². The van der Waals surface area contributed by atoms with Crippen LogP contribution in [0.4, 0.5) is 0 Å². The van der Waals surface area contributed by atoms with Crippen LogP contribution in [0.2, 0.25) is 5.02 Å². The number of halogens is 1. The highest BCUT2D eigenvalue weighted by Crippen LogP contribution is 2.33. The molecule has 0 saturated heterocycles. The van der Waals surface area contributed by atoms with Gasteiger partial charge in [0.05, 0.1) is 19.8 Å². The fourth-order valence-electron chi connectivity index (χ4n) is 1.67. The minimum absolute atomic E-state index is 0.0732. The normalized spacial score (nSPS) is 12.6. The molecule has 0 bridgehead atoms. The first-order valence-electron chi connectivity index (χ1n) is 5.25. The average Bonchev–Trinajstić information content (AvgIpc) is 2.24. The molecule has 0 aliphatic carbocycles. The molecule has 4 heteroatoms. The molecule has 0 saturated carbocycles. The second-order valence-corrected chi connectivity index (χ2v) is 4.08. The molecule has 1 rings (SSSR count). The van der Waals surface area contributed by atoms with Gasteiger partial charge in [-0.15, -0.1) is 0 Å². The van der Waals surface area contributed by atoms with Gasteiger partial charge in [-0.3, -0.25) is 0 Å². The Balaban J connectivity index is 3.00. The van der Waals surface area contributed by atoms with E-state index in [9.17, 15) is 0 Å². The zero-order chi connectivity index (χ0) is 12.1. The molecule has 0 aromatic heterocycles. The van der Waals surface area contributed by atoms with Gasteiger partial charge in [-0.25, -0.2) is 0 Å². The van der Waals surface area contributed by atoms with E-state index < -0.39 is 0 Å². The number of ether oxygens (including phenoxy) is 2. The lowest BCUT2D eigenvalue weighted by Crippen LogP contribution is -2.11. The highest BCUT2D eigenvalue weighted by atomic mass is 35.5. The lowest BCUT2D eigenvalue weighted by Gasteiger charge is -2.18. The first-order chi connectivity index (χ1) is 7.60. The predicted molar refractivity (Wildman–Crippen MR) is 66.2 cm³/mol. The number of rotatable bonds is 5. The zero-order valence-electron chi connectivity index (χ0n) is 9.92. The van der Waals surface area contributed by atoms with Crippen molar-refractivity contribution < 1.29 is 9.47 Å². The van der Waals surface area contributed by atoms with Gasteiger partial charge in [-0.1, -0.05) is 11.6 Å². The molecule has 1 unspecified atom stereocenters. The van der Waals surface area contributed by atoms with Crippen LogP contribution < -0.4 is 10.5 Å². The van der Waals surface area contributed by atoms with Gasteiger partial charge in [0.15, 0.2) is 0 Å². The Labute approximate surface area is 101 Å². The SMILES string of the molecule is COc1c(C)cc(Cl)cc1C(C)OCCN. The first-order valence-corrected chi connectivity index (χ1v) is 5.63. The maximum atomic E-state index is 6.02. The summed E-state index contributed by atoms with van der Waals surface area (Å²) in [7, 11) is 1.65. The minimum Gasteiger partial charge on any atom is -0.496 e. The van der Waals surface area contributed by atoms with Gasteiger partial charge < -0.3 is 15.2 Å². The van der Waals surface area contributed by atoms with E-state index in [-0.39, 0.29) is 6.10 Å². The van der Waals surface area contributed by atoms with Gasteiger partial charge in [0.1, 0.15) is 5.75 Å². The summed E-state index contributed by atoms with van der Waals surface area (Å²) < 4.78 is 10.9. The van der Waals surface area contributed by atoms with Crippen LogP contribution in [0.3, 0.4) is 0 Å². The Morgan fingerprint density at radius 2 is 2.12 bits per heavy atom. The second kappa shape index (κ2) is 6.09. The molecule has 2 N–H and O–H groups in total. The monoisotopic (exact) mass is 243 g/mol. The quantitative estimate of drug-likeness (QED) is 0.865. The molecular weight excluding hydrogens is 226 g/mol. The standard InChI is InChI=1S/C12H18ClNO2/c1-8-6-10(13)7-11(12(8)15-3)9(2)16-5-4-14/h6-7,9H,4-5,14H2,1-3H3. The van der Waals surface area contributed by atoms with Crippen molar-refractivity contribution in [3.05, 3.63) is 28.3 Å². The second-order valence-electron chi connectivity index (χ2n) is 3.65. The van der Waals surface area contributed by atoms with Gasteiger partial charge in [0, 0.05) is 17.1 Å². The van der Waals surface area contributed by atoms with Crippen LogP contribution >= 0.6 is 11.6 Å². The van der Waals surface area contributed by atoms with Crippen LogP contribution in [0.1, 0.15) is 24.2 Å². The van der Waals surface area contributed by atoms with Crippen molar-refractivity contribution in [2.24, 2.45) is 5.73 Å². The van der Waals surface area contributed by atoms with E-state index in [1.807, 2.05) is 26.0 Å². The topological polar surface area (TPSA) is 44.5 Å². The summed E-state index contributed by atoms with van der Waals surface area (Å²) in [4.78, 5) is 0. The molecule has 0 aliphatic rings. The smallest absolute Gasteiger partial charge is 0.127 e. The summed E-state index contributed by atoms with van der Waals surface area (Å²) in [5.74, 6) is 0.828. The van der Waals surface area contributed by atoms with E-state index >= 15 is 0 Å². The van der Waals surface area contributed by atoms with E-state index in [2.05, 4.69) is 0 Å². The fourth-order valence-corrected chi connectivity index (χ4v) is 1.95. The van der Waals surface area contributed by atoms with Gasteiger partial charge in [-0.05, 0) is 31.5 Å². The molecule has 3 nitrogen and oxygen atoms in total. The van der Waals surface area contributed by atoms with Crippen molar-refractivity contribution in [2.75, 3.05) is 20.3 Å². The molecule has 0 amide bonds. The Morgan fingerprint density at radius 1 is 1.44 bits per heavy atom. The van der Waals surface area contributed by atoms with Crippen LogP contribution in [0, 0.1) is 6.92 Å². The molecule has 1 aromatic carbocycles. The van der Waals surface area contributed by atoms with Crippen molar-refractivity contribution in [1.29, 1.82) is 0 Å². The van der Waals surface area contributed by atoms with Crippen LogP contribution in [0.25, 0.3) is 0 Å². The predicted octanol–water partition coefficient (Wildman–Crippen LogP) is 2.69. The number of aryl methyl sites for hydroxylation is 1. The van der Waals surface area contributed by atoms with E-state index in [4.69, 9.17) is 26.8 Å². The highest BCUT2D eigenvalue weighted by Gasteiger charge is 2.14. The Hall–Kier alpha value is -0.770. The maximum Gasteiger partial charge on any atom is 0.127 e. The third kappa shape index (κ3) is 3.11. The number of benzene rings is 1. The van der Waals surface area contributed by atoms with Gasteiger partial charge in [0.2, 0.25) is 0 Å². The van der Waals surface area contributed by atoms with Gasteiger partial charge >= 0.3 is 0 Å². The van der Waals surface area contributed by atoms with Crippen LogP contribution in [0.15, 0.2) is 12.1 Å². The molecule has 1 atom stereocenters. The average molecular weight is 244 g/mol. The van der Waals surface area contributed by atoms with E-state index in [0.717, 1.165) is 16.9 Å². The van der Waals surface area contributed by atoms with E-state index in [0.29, 0.717) is 18.2 Å². The van der Waals surface area contributed by atoms with Gasteiger partial charge in [-0.2, -0.15) is 0 Å². The van der Waals surface area contributed by atoms with Crippen molar-refractivity contribution in [3.8, 4) is 5.75 Å². The molecule has 0 fully saturated rings. The summed E-state index contributed by atoms with van der Waals surface area (Å²) in [5.41, 5.74) is 7.37. The van der Waals surface area contributed by atoms with Crippen molar-refractivity contribution >= 4 is 11.6 Å². The van der Waals surface area contributed by atoms with E-state index in [1.54, 1.807) is 7.11 Å². The lowest BCUT2D eigenvalue weighted by molar-refractivity contribution is 0.0699. The molecule has 0 spiro atoms. The Bertz CT molecular complexity index is 355. The summed E-state index contributed by atoms with van der Waals surface area (Å²) in [6, 6.07) is 3.74. The lowest BCUT2D eigenvalue weighted by atomic mass is 10.1. The molecule has 1 aromatic rings. The molecular formula is C12H18ClNO2. The largest absolute Gasteiger partial charge is 0.496 e. The number of hydrogen-bond donors (Lipinski definition) is 1. The third-order valence-electron chi connectivity index (χ3n) is 2.40. The summed E-state index contributed by atoms with van der Waals surface area (Å²) >= 11 is 6.02. The maximum absolute atomic E-state index is 6.02. The van der Waals surface area contributed by atoms with Crippen molar-refractivity contribution in [2.45, 2.75) is 20.0 Å². The summed E-state index contributed by atoms with van der Waals surface area (Å²) in [6.07, 6.45) is -0.0732. The molecule has 0 radical (unpaired) electrons. The number of methoxy groups -OCH3 is 1. The van der Waals surface area contributed by atoms with Crippen LogP contribution in [-0.2, 0) is 4.74 Å². The van der Waals surface area contributed by atoms with E-state index in [1.165, 1.54) is 0 Å². The minimum atomic E-state index is -0.0732. The Kier molecular flexibility index (Phi) is 5.06. The van der Waals surface area contributed by atoms with Crippen molar-refractivity contribution in [1.82, 2.24) is 0 Å². The highest BCUT2D eigenvalue weighted by molar-refractivity contribution is 6.30. The molecule has 90 valence electrons. The van der Waals surface area contributed by atoms with Crippen molar-refractivity contribution in [3.63, 3.8) is 0 Å². The molecule has 0 heterocycles. The third-order valence-corrected chi connectivity index (χ3v) is 2.61. The molecule has 0 aliphatic heterocycles. The van der Waals surface area contributed by atoms with Crippen LogP contribution in [0.5, 0.6) is 5.75 Å². The van der Waals surface area contributed by atoms with Crippen LogP contribution in [-0.4, -0.2) is 20.3 Å². The summed E-state index contributed by atoms with van der Waals surface area (Å²) in [6.45, 7) is 4.95.